The molecule has 2 saturated heterocycles. The predicted molar refractivity (Wildman–Crippen MR) is 106 cm³/mol. The normalized spacial score (nSPS) is 22.2. The maximum atomic E-state index is 13.1. The molecule has 27 heavy (non-hydrogen) atoms. The zero-order valence-electron chi connectivity index (χ0n) is 15.8. The Morgan fingerprint density at radius 2 is 2.11 bits per heavy atom. The van der Waals surface area contributed by atoms with Crippen LogP contribution in [0.2, 0.25) is 0 Å². The standard InChI is InChI=1S/C21H27N3O2S/c1-16-4-11-27-19(16)14-24-13-18(21(15-24)5-9-26-10-6-21)20(25)23-12-17-2-7-22-8-3-17/h2-4,7-8,11,18H,5-6,9-10,12-15H2,1H3,(H,23,25). The van der Waals surface area contributed by atoms with Gasteiger partial charge >= 0.3 is 0 Å². The maximum absolute atomic E-state index is 13.1. The van der Waals surface area contributed by atoms with E-state index in [9.17, 15) is 4.79 Å². The van der Waals surface area contributed by atoms with Gasteiger partial charge in [-0.15, -0.1) is 11.3 Å². The average molecular weight is 386 g/mol. The van der Waals surface area contributed by atoms with Crippen LogP contribution in [0.5, 0.6) is 0 Å². The molecule has 4 rings (SSSR count). The topological polar surface area (TPSA) is 54.5 Å². The van der Waals surface area contributed by atoms with Crippen molar-refractivity contribution in [1.29, 1.82) is 0 Å². The number of aromatic nitrogens is 1. The first-order valence-corrected chi connectivity index (χ1v) is 10.5. The lowest BCUT2D eigenvalue weighted by Crippen LogP contribution is -2.44. The molecule has 144 valence electrons. The second kappa shape index (κ2) is 8.09. The number of carbonyl (C=O) groups excluding carboxylic acids is 1. The van der Waals surface area contributed by atoms with Crippen LogP contribution in [-0.4, -0.2) is 42.1 Å². The Balaban J connectivity index is 1.46. The van der Waals surface area contributed by atoms with Crippen molar-refractivity contribution in [1.82, 2.24) is 15.2 Å². The number of nitrogens with zero attached hydrogens (tertiary/aromatic N) is 2. The summed E-state index contributed by atoms with van der Waals surface area (Å²) in [4.78, 5) is 21.0. The van der Waals surface area contributed by atoms with Gasteiger partial charge < -0.3 is 10.1 Å². The molecule has 5 nitrogen and oxygen atoms in total. The second-order valence-electron chi connectivity index (χ2n) is 7.80. The van der Waals surface area contributed by atoms with E-state index < -0.39 is 0 Å². The van der Waals surface area contributed by atoms with Crippen molar-refractivity contribution in [2.45, 2.75) is 32.9 Å². The van der Waals surface area contributed by atoms with Crippen LogP contribution in [0.3, 0.4) is 0 Å². The van der Waals surface area contributed by atoms with Crippen molar-refractivity contribution < 1.29 is 9.53 Å². The number of aryl methyl sites for hydroxylation is 1. The summed E-state index contributed by atoms with van der Waals surface area (Å²) in [7, 11) is 0. The molecule has 6 heteroatoms. The Kier molecular flexibility index (Phi) is 5.57. The second-order valence-corrected chi connectivity index (χ2v) is 8.80. The number of nitrogens with one attached hydrogen (secondary N) is 1. The number of hydrogen-bond donors (Lipinski definition) is 1. The zero-order chi connectivity index (χ0) is 18.7. The highest BCUT2D eigenvalue weighted by atomic mass is 32.1. The SMILES string of the molecule is Cc1ccsc1CN1CC(C(=O)NCc2ccncc2)C2(CCOCC2)C1. The number of ether oxygens (including phenoxy) is 1. The van der Waals surface area contributed by atoms with E-state index in [0.29, 0.717) is 6.54 Å². The number of thiophene rings is 1. The number of hydrogen-bond acceptors (Lipinski definition) is 5. The molecule has 1 spiro atoms. The molecule has 0 aromatic carbocycles. The third-order valence-corrected chi connectivity index (χ3v) is 7.08. The molecule has 2 aromatic heterocycles. The van der Waals surface area contributed by atoms with E-state index in [0.717, 1.165) is 51.3 Å². The first-order chi connectivity index (χ1) is 13.2. The van der Waals surface area contributed by atoms with Crippen molar-refractivity contribution in [3.05, 3.63) is 52.0 Å². The van der Waals surface area contributed by atoms with Gasteiger partial charge in [0.1, 0.15) is 0 Å². The highest BCUT2D eigenvalue weighted by Crippen LogP contribution is 2.45. The highest BCUT2D eigenvalue weighted by molar-refractivity contribution is 7.10. The maximum Gasteiger partial charge on any atom is 0.225 e. The van der Waals surface area contributed by atoms with Crippen molar-refractivity contribution >= 4 is 17.2 Å². The minimum atomic E-state index is 0.0310. The molecule has 2 aromatic rings. The summed E-state index contributed by atoms with van der Waals surface area (Å²) in [6, 6.07) is 6.08. The Bertz CT molecular complexity index is 771. The average Bonchev–Trinajstić information content (AvgIpc) is 3.25. The molecule has 2 aliphatic heterocycles. The van der Waals surface area contributed by atoms with Gasteiger partial charge in [0.05, 0.1) is 5.92 Å². The summed E-state index contributed by atoms with van der Waals surface area (Å²) < 4.78 is 5.62. The van der Waals surface area contributed by atoms with E-state index in [1.165, 1.54) is 10.4 Å². The van der Waals surface area contributed by atoms with E-state index >= 15 is 0 Å². The van der Waals surface area contributed by atoms with Gasteiger partial charge in [-0.05, 0) is 54.5 Å². The third-order valence-electron chi connectivity index (χ3n) is 6.08. The van der Waals surface area contributed by atoms with Crippen LogP contribution in [0.25, 0.3) is 0 Å². The fraction of sp³-hybridized carbons (Fsp3) is 0.524. The van der Waals surface area contributed by atoms with Gasteiger partial charge in [-0.2, -0.15) is 0 Å². The molecular formula is C21H27N3O2S. The van der Waals surface area contributed by atoms with Crippen LogP contribution < -0.4 is 5.32 Å². The fourth-order valence-corrected chi connectivity index (χ4v) is 5.37. The van der Waals surface area contributed by atoms with E-state index in [1.807, 2.05) is 23.5 Å². The van der Waals surface area contributed by atoms with Crippen molar-refractivity contribution in [2.24, 2.45) is 11.3 Å². The zero-order valence-corrected chi connectivity index (χ0v) is 16.6. The molecule has 0 saturated carbocycles. The Hall–Kier alpha value is -1.76. The predicted octanol–water partition coefficient (Wildman–Crippen LogP) is 3.00. The Morgan fingerprint density at radius 3 is 2.81 bits per heavy atom. The number of likely N-dealkylation sites (tertiary alicyclic amines) is 1. The molecule has 1 atom stereocenters. The fourth-order valence-electron chi connectivity index (χ4n) is 4.42. The smallest absolute Gasteiger partial charge is 0.225 e. The van der Waals surface area contributed by atoms with Gasteiger partial charge in [0.2, 0.25) is 5.91 Å². The van der Waals surface area contributed by atoms with Crippen LogP contribution in [-0.2, 0) is 22.6 Å². The van der Waals surface area contributed by atoms with Gasteiger partial charge in [-0.25, -0.2) is 0 Å². The molecule has 2 aliphatic rings. The summed E-state index contributed by atoms with van der Waals surface area (Å²) in [5, 5.41) is 5.33. The van der Waals surface area contributed by atoms with Crippen LogP contribution in [0.1, 0.15) is 28.8 Å². The number of rotatable bonds is 5. The van der Waals surface area contributed by atoms with Gasteiger partial charge in [0.15, 0.2) is 0 Å². The number of carbonyl (C=O) groups is 1. The van der Waals surface area contributed by atoms with Crippen LogP contribution in [0.4, 0.5) is 0 Å². The first-order valence-electron chi connectivity index (χ1n) is 9.66. The largest absolute Gasteiger partial charge is 0.381 e. The minimum Gasteiger partial charge on any atom is -0.381 e. The molecule has 0 bridgehead atoms. The quantitative estimate of drug-likeness (QED) is 0.860. The summed E-state index contributed by atoms with van der Waals surface area (Å²) in [5.74, 6) is 0.211. The Labute approximate surface area is 164 Å². The molecule has 0 radical (unpaired) electrons. The monoisotopic (exact) mass is 385 g/mol. The highest BCUT2D eigenvalue weighted by Gasteiger charge is 2.50. The van der Waals surface area contributed by atoms with Crippen molar-refractivity contribution in [3.63, 3.8) is 0 Å². The molecule has 0 aliphatic carbocycles. The molecule has 1 amide bonds. The van der Waals surface area contributed by atoms with E-state index in [2.05, 4.69) is 33.6 Å². The van der Waals surface area contributed by atoms with Crippen molar-refractivity contribution in [2.75, 3.05) is 26.3 Å². The lowest BCUT2D eigenvalue weighted by Gasteiger charge is -2.37. The van der Waals surface area contributed by atoms with Gasteiger partial charge in [-0.1, -0.05) is 0 Å². The number of pyridine rings is 1. The first kappa shape index (κ1) is 18.6. The van der Waals surface area contributed by atoms with Gasteiger partial charge in [0, 0.05) is 62.1 Å². The summed E-state index contributed by atoms with van der Waals surface area (Å²) in [6.45, 7) is 7.03. The lowest BCUT2D eigenvalue weighted by atomic mass is 9.71. The summed E-state index contributed by atoms with van der Waals surface area (Å²) in [5.41, 5.74) is 2.49. The van der Waals surface area contributed by atoms with E-state index in [1.54, 1.807) is 12.4 Å². The summed E-state index contributed by atoms with van der Waals surface area (Å²) >= 11 is 1.82. The molecular weight excluding hydrogens is 358 g/mol. The van der Waals surface area contributed by atoms with Gasteiger partial charge in [0.25, 0.3) is 0 Å². The molecule has 2 fully saturated rings. The lowest BCUT2D eigenvalue weighted by molar-refractivity contribution is -0.130. The number of amides is 1. The molecule has 4 heterocycles. The van der Waals surface area contributed by atoms with Crippen molar-refractivity contribution in [3.8, 4) is 0 Å². The van der Waals surface area contributed by atoms with E-state index in [-0.39, 0.29) is 17.2 Å². The minimum absolute atomic E-state index is 0.0310. The van der Waals surface area contributed by atoms with Crippen LogP contribution in [0, 0.1) is 18.3 Å². The van der Waals surface area contributed by atoms with Crippen LogP contribution >= 0.6 is 11.3 Å². The third kappa shape index (κ3) is 4.08. The molecule has 1 unspecified atom stereocenters. The Morgan fingerprint density at radius 1 is 1.33 bits per heavy atom. The van der Waals surface area contributed by atoms with Gasteiger partial charge in [-0.3, -0.25) is 14.7 Å². The van der Waals surface area contributed by atoms with Crippen LogP contribution in [0.15, 0.2) is 36.0 Å². The van der Waals surface area contributed by atoms with E-state index in [4.69, 9.17) is 4.74 Å². The summed E-state index contributed by atoms with van der Waals surface area (Å²) in [6.07, 6.45) is 5.48. The molecule has 1 N–H and O–H groups in total.